The summed E-state index contributed by atoms with van der Waals surface area (Å²) in [5.41, 5.74) is 0. The lowest BCUT2D eigenvalue weighted by Gasteiger charge is -2.26. The molecule has 0 N–H and O–H groups in total. The molecular formula is C5H15B4N. The Bertz CT molecular complexity index is 118. The van der Waals surface area contributed by atoms with Crippen molar-refractivity contribution in [2.24, 2.45) is 0 Å². The van der Waals surface area contributed by atoms with Crippen LogP contribution in [0.5, 0.6) is 0 Å². The molecule has 1 aliphatic rings. The summed E-state index contributed by atoms with van der Waals surface area (Å²) in [5, 5.41) is 0. The smallest absolute Gasteiger partial charge is 0.162 e. The van der Waals surface area contributed by atoms with Crippen LogP contribution in [-0.2, 0) is 0 Å². The summed E-state index contributed by atoms with van der Waals surface area (Å²) in [7, 11) is 2.69. The van der Waals surface area contributed by atoms with Crippen LogP contribution in [0.15, 0.2) is 0 Å². The summed E-state index contributed by atoms with van der Waals surface area (Å²) in [5.74, 6) is 0. The first kappa shape index (κ1) is 8.32. The average molecular weight is 132 g/mol. The molecule has 0 saturated carbocycles. The van der Waals surface area contributed by atoms with Gasteiger partial charge in [-0.3, -0.25) is 0 Å². The van der Waals surface area contributed by atoms with Gasteiger partial charge >= 0.3 is 0 Å². The van der Waals surface area contributed by atoms with Crippen molar-refractivity contribution in [2.75, 3.05) is 0 Å². The molecule has 0 aromatic heterocycles. The fourth-order valence-corrected chi connectivity index (χ4v) is 1.85. The minimum Gasteiger partial charge on any atom is -0.398 e. The van der Waals surface area contributed by atoms with E-state index >= 15 is 0 Å². The maximum Gasteiger partial charge on any atom is 0.162 e. The molecule has 1 fully saturated rings. The van der Waals surface area contributed by atoms with Crippen molar-refractivity contribution >= 4 is 27.6 Å². The largest absolute Gasteiger partial charge is 0.398 e. The van der Waals surface area contributed by atoms with Gasteiger partial charge in [0.05, 0.1) is 13.6 Å². The molecule has 5 heteroatoms. The maximum absolute atomic E-state index is 2.59. The van der Waals surface area contributed by atoms with Gasteiger partial charge in [0, 0.05) is 0 Å². The molecule has 1 nitrogen and oxygen atoms in total. The molecule has 0 radical (unpaired) electrons. The fraction of sp³-hybridized carbons (Fsp3) is 1.00. The van der Waals surface area contributed by atoms with Crippen molar-refractivity contribution < 1.29 is 0 Å². The lowest BCUT2D eigenvalue weighted by molar-refractivity contribution is 0.554. The third-order valence-electron chi connectivity index (χ3n) is 2.85. The van der Waals surface area contributed by atoms with Gasteiger partial charge < -0.3 is 4.72 Å². The van der Waals surface area contributed by atoms with Crippen LogP contribution in [0.25, 0.3) is 0 Å². The first-order chi connectivity index (χ1) is 4.63. The SMILES string of the molecule is CB1BBN(C(C)C)B1C. The van der Waals surface area contributed by atoms with Crippen LogP contribution in [-0.4, -0.2) is 38.4 Å². The number of rotatable bonds is 1. The fourth-order valence-electron chi connectivity index (χ4n) is 1.85. The highest BCUT2D eigenvalue weighted by molar-refractivity contribution is 7.60. The van der Waals surface area contributed by atoms with Crippen molar-refractivity contribution in [3.05, 3.63) is 0 Å². The molecule has 0 aliphatic carbocycles. The molecule has 0 unspecified atom stereocenters. The number of nitrogens with zero attached hydrogens (tertiary/aromatic N) is 1. The Kier molecular flexibility index (Phi) is 2.56. The van der Waals surface area contributed by atoms with E-state index in [1.165, 1.54) is 14.4 Å². The van der Waals surface area contributed by atoms with Gasteiger partial charge in [-0.05, 0) is 6.04 Å². The van der Waals surface area contributed by atoms with E-state index in [2.05, 4.69) is 32.2 Å². The van der Waals surface area contributed by atoms with E-state index < -0.39 is 0 Å². The standard InChI is InChI=1S/C5H15B4N/c1-5(2)10-7-6-8(3)9(10)4/h5-7H,1-4H3. The van der Waals surface area contributed by atoms with Gasteiger partial charge in [-0.2, -0.15) is 0 Å². The normalized spacial score (nSPS) is 19.7. The summed E-state index contributed by atoms with van der Waals surface area (Å²) < 4.78 is 2.59. The van der Waals surface area contributed by atoms with Crippen LogP contribution in [0.2, 0.25) is 13.6 Å². The van der Waals surface area contributed by atoms with Crippen molar-refractivity contribution in [1.82, 2.24) is 4.72 Å². The third-order valence-corrected chi connectivity index (χ3v) is 2.85. The zero-order chi connectivity index (χ0) is 7.72. The highest BCUT2D eigenvalue weighted by atomic mass is 15.0. The Labute approximate surface area is 66.6 Å². The molecule has 0 amide bonds. The van der Waals surface area contributed by atoms with E-state index in [0.717, 1.165) is 19.3 Å². The van der Waals surface area contributed by atoms with E-state index in [0.29, 0.717) is 0 Å². The van der Waals surface area contributed by atoms with E-state index in [-0.39, 0.29) is 0 Å². The molecule has 52 valence electrons. The second kappa shape index (κ2) is 3.08. The molecule has 10 heavy (non-hydrogen) atoms. The number of hydrogen-bond donors (Lipinski definition) is 0. The lowest BCUT2D eigenvalue weighted by atomic mass is 9.00. The molecule has 0 bridgehead atoms. The highest BCUT2D eigenvalue weighted by Crippen LogP contribution is 2.08. The van der Waals surface area contributed by atoms with E-state index in [9.17, 15) is 0 Å². The second-order valence-corrected chi connectivity index (χ2v) is 3.84. The second-order valence-electron chi connectivity index (χ2n) is 3.84. The molecule has 1 rings (SSSR count). The van der Waals surface area contributed by atoms with Crippen LogP contribution in [0.1, 0.15) is 13.8 Å². The predicted octanol–water partition coefficient (Wildman–Crippen LogP) is -0.266. The number of hydrogen-bond acceptors (Lipinski definition) is 1. The van der Waals surface area contributed by atoms with E-state index in [1.807, 2.05) is 0 Å². The van der Waals surface area contributed by atoms with Crippen LogP contribution in [0.4, 0.5) is 0 Å². The van der Waals surface area contributed by atoms with Gasteiger partial charge in [-0.1, -0.05) is 27.5 Å². The Balaban J connectivity index is 2.49. The molecule has 0 aromatic rings. The minimum absolute atomic E-state index is 0.736. The van der Waals surface area contributed by atoms with Gasteiger partial charge in [-0.25, -0.2) is 0 Å². The van der Waals surface area contributed by atoms with Crippen LogP contribution in [0, 0.1) is 0 Å². The maximum atomic E-state index is 2.59. The summed E-state index contributed by atoms with van der Waals surface area (Å²) in [6.45, 7) is 11.0. The van der Waals surface area contributed by atoms with Gasteiger partial charge in [-0.15, -0.1) is 0 Å². The summed E-state index contributed by atoms with van der Waals surface area (Å²) in [6, 6.07) is 0.736. The van der Waals surface area contributed by atoms with Crippen molar-refractivity contribution in [3.8, 4) is 0 Å². The Morgan fingerprint density at radius 2 is 1.90 bits per heavy atom. The predicted molar refractivity (Wildman–Crippen MR) is 54.5 cm³/mol. The zero-order valence-corrected chi connectivity index (χ0v) is 7.59. The minimum atomic E-state index is 0.736. The van der Waals surface area contributed by atoms with E-state index in [4.69, 9.17) is 0 Å². The highest BCUT2D eigenvalue weighted by Gasteiger charge is 2.34. The Morgan fingerprint density at radius 1 is 1.30 bits per heavy atom. The van der Waals surface area contributed by atoms with Crippen LogP contribution < -0.4 is 0 Å². The van der Waals surface area contributed by atoms with Gasteiger partial charge in [0.2, 0.25) is 0 Å². The topological polar surface area (TPSA) is 3.24 Å². The van der Waals surface area contributed by atoms with Crippen LogP contribution >= 0.6 is 0 Å². The zero-order valence-electron chi connectivity index (χ0n) is 7.59. The third kappa shape index (κ3) is 1.44. The first-order valence-electron chi connectivity index (χ1n) is 4.38. The molecule has 1 saturated heterocycles. The average Bonchev–Trinajstić information content (AvgIpc) is 2.14. The Hall–Kier alpha value is 0.220. The molecule has 1 aliphatic heterocycles. The summed E-state index contributed by atoms with van der Waals surface area (Å²) in [4.78, 5) is 0. The van der Waals surface area contributed by atoms with Gasteiger partial charge in [0.25, 0.3) is 0 Å². The van der Waals surface area contributed by atoms with Gasteiger partial charge in [0.1, 0.15) is 7.31 Å². The van der Waals surface area contributed by atoms with Crippen molar-refractivity contribution in [2.45, 2.75) is 33.5 Å². The van der Waals surface area contributed by atoms with Gasteiger partial charge in [0.15, 0.2) is 6.74 Å². The summed E-state index contributed by atoms with van der Waals surface area (Å²) >= 11 is 0. The quantitative estimate of drug-likeness (QED) is 0.444. The Morgan fingerprint density at radius 3 is 2.10 bits per heavy atom. The molecular weight excluding hydrogens is 117 g/mol. The molecule has 0 atom stereocenters. The van der Waals surface area contributed by atoms with Crippen molar-refractivity contribution in [3.63, 3.8) is 0 Å². The van der Waals surface area contributed by atoms with Crippen molar-refractivity contribution in [1.29, 1.82) is 0 Å². The lowest BCUT2D eigenvalue weighted by Crippen LogP contribution is -2.43. The van der Waals surface area contributed by atoms with E-state index in [1.54, 1.807) is 0 Å². The first-order valence-corrected chi connectivity index (χ1v) is 4.38. The molecule has 0 spiro atoms. The van der Waals surface area contributed by atoms with Crippen LogP contribution in [0.3, 0.4) is 0 Å². The summed E-state index contributed by atoms with van der Waals surface area (Å²) in [6.07, 6.45) is 0. The molecule has 1 heterocycles. The molecule has 0 aromatic carbocycles. The monoisotopic (exact) mass is 133 g/mol.